The van der Waals surface area contributed by atoms with Crippen molar-refractivity contribution in [1.29, 1.82) is 0 Å². The molecule has 0 aliphatic heterocycles. The van der Waals surface area contributed by atoms with E-state index in [0.29, 0.717) is 22.2 Å². The summed E-state index contributed by atoms with van der Waals surface area (Å²) in [7, 11) is 1.53. The minimum absolute atomic E-state index is 0.120. The molecule has 0 unspecified atom stereocenters. The van der Waals surface area contributed by atoms with Crippen LogP contribution in [0.1, 0.15) is 5.69 Å². The predicted octanol–water partition coefficient (Wildman–Crippen LogP) is 4.80. The number of nitrogens with one attached hydrogen (secondary N) is 1. The third-order valence-corrected chi connectivity index (χ3v) is 4.77. The Hall–Kier alpha value is -2.57. The average Bonchev–Trinajstić information content (AvgIpc) is 3.07. The number of nitrogens with zero attached hydrogens (tertiary/aromatic N) is 1. The molecule has 134 valence electrons. The van der Waals surface area contributed by atoms with E-state index in [4.69, 9.17) is 21.1 Å². The lowest BCUT2D eigenvalue weighted by Crippen LogP contribution is -2.20. The molecule has 1 N–H and O–H groups in total. The molecule has 3 aromatic rings. The second kappa shape index (κ2) is 8.21. The van der Waals surface area contributed by atoms with Crippen LogP contribution >= 0.6 is 22.9 Å². The van der Waals surface area contributed by atoms with E-state index in [1.165, 1.54) is 7.11 Å². The Morgan fingerprint density at radius 2 is 2.00 bits per heavy atom. The first-order chi connectivity index (χ1) is 12.5. The molecule has 1 heterocycles. The first kappa shape index (κ1) is 18.2. The van der Waals surface area contributed by atoms with Gasteiger partial charge in [0.1, 0.15) is 16.5 Å². The molecule has 0 fully saturated rings. The fourth-order valence-electron chi connectivity index (χ4n) is 2.29. The van der Waals surface area contributed by atoms with Gasteiger partial charge in [-0.1, -0.05) is 11.6 Å². The number of anilines is 1. The summed E-state index contributed by atoms with van der Waals surface area (Å²) in [6.45, 7) is 1.84. The molecule has 5 nitrogen and oxygen atoms in total. The van der Waals surface area contributed by atoms with Gasteiger partial charge in [0.2, 0.25) is 0 Å². The van der Waals surface area contributed by atoms with E-state index in [0.717, 1.165) is 16.3 Å². The van der Waals surface area contributed by atoms with Crippen molar-refractivity contribution in [3.05, 3.63) is 58.6 Å². The number of carbonyl (C=O) groups excluding carboxylic acids is 1. The van der Waals surface area contributed by atoms with Crippen molar-refractivity contribution in [2.24, 2.45) is 0 Å². The summed E-state index contributed by atoms with van der Waals surface area (Å²) >= 11 is 7.55. The molecule has 0 saturated heterocycles. The van der Waals surface area contributed by atoms with Crippen molar-refractivity contribution >= 4 is 34.5 Å². The molecular weight excluding hydrogens is 372 g/mol. The monoisotopic (exact) mass is 388 g/mol. The van der Waals surface area contributed by atoms with Crippen LogP contribution in [0, 0.1) is 6.92 Å². The fraction of sp³-hybridized carbons (Fsp3) is 0.158. The smallest absolute Gasteiger partial charge is 0.262 e. The molecule has 7 heteroatoms. The summed E-state index contributed by atoms with van der Waals surface area (Å²) in [6.07, 6.45) is 0. The maximum atomic E-state index is 12.1. The SMILES string of the molecule is COc1ccc(Cl)cc1NC(=O)COc1ccc(-c2nc(C)cs2)cc1. The first-order valence-electron chi connectivity index (χ1n) is 7.84. The summed E-state index contributed by atoms with van der Waals surface area (Å²) in [4.78, 5) is 16.6. The Morgan fingerprint density at radius 3 is 2.65 bits per heavy atom. The lowest BCUT2D eigenvalue weighted by Gasteiger charge is -2.11. The number of benzene rings is 2. The molecule has 1 aromatic heterocycles. The van der Waals surface area contributed by atoms with E-state index in [9.17, 15) is 4.79 Å². The number of ether oxygens (including phenoxy) is 2. The van der Waals surface area contributed by atoms with Crippen molar-refractivity contribution < 1.29 is 14.3 Å². The van der Waals surface area contributed by atoms with E-state index in [1.807, 2.05) is 36.6 Å². The highest BCUT2D eigenvalue weighted by atomic mass is 35.5. The molecule has 1 amide bonds. The molecule has 0 aliphatic rings. The normalized spacial score (nSPS) is 10.4. The second-order valence-corrected chi connectivity index (χ2v) is 6.79. The van der Waals surface area contributed by atoms with Crippen molar-refractivity contribution in [2.45, 2.75) is 6.92 Å². The topological polar surface area (TPSA) is 60.5 Å². The van der Waals surface area contributed by atoms with Gasteiger partial charge in [0.05, 0.1) is 12.8 Å². The Bertz CT molecular complexity index is 909. The lowest BCUT2D eigenvalue weighted by atomic mass is 10.2. The number of methoxy groups -OCH3 is 1. The van der Waals surface area contributed by atoms with Gasteiger partial charge in [0, 0.05) is 21.7 Å². The Kier molecular flexibility index (Phi) is 5.75. The molecule has 0 aliphatic carbocycles. The number of aromatic nitrogens is 1. The van der Waals surface area contributed by atoms with Gasteiger partial charge in [-0.3, -0.25) is 4.79 Å². The summed E-state index contributed by atoms with van der Waals surface area (Å²) in [5.74, 6) is 0.839. The number of hydrogen-bond donors (Lipinski definition) is 1. The van der Waals surface area contributed by atoms with E-state index in [2.05, 4.69) is 10.3 Å². The Balaban J connectivity index is 1.59. The maximum Gasteiger partial charge on any atom is 0.262 e. The van der Waals surface area contributed by atoms with Gasteiger partial charge in [0.25, 0.3) is 5.91 Å². The molecular formula is C19H17ClN2O3S. The van der Waals surface area contributed by atoms with Crippen LogP contribution in [0.4, 0.5) is 5.69 Å². The van der Waals surface area contributed by atoms with Crippen LogP contribution < -0.4 is 14.8 Å². The number of carbonyl (C=O) groups is 1. The predicted molar refractivity (Wildman–Crippen MR) is 104 cm³/mol. The Morgan fingerprint density at radius 1 is 1.23 bits per heavy atom. The first-order valence-corrected chi connectivity index (χ1v) is 9.09. The second-order valence-electron chi connectivity index (χ2n) is 5.50. The summed E-state index contributed by atoms with van der Waals surface area (Å²) in [5, 5.41) is 6.21. The highest BCUT2D eigenvalue weighted by molar-refractivity contribution is 7.13. The van der Waals surface area contributed by atoms with Crippen LogP contribution in [0.15, 0.2) is 47.8 Å². The van der Waals surface area contributed by atoms with E-state index in [-0.39, 0.29) is 12.5 Å². The standard InChI is InChI=1S/C19H17ClN2O3S/c1-12-11-26-19(21-12)13-3-6-15(7-4-13)25-10-18(23)22-16-9-14(20)5-8-17(16)24-2/h3-9,11H,10H2,1-2H3,(H,22,23). The van der Waals surface area contributed by atoms with Crippen LogP contribution in [0.5, 0.6) is 11.5 Å². The molecule has 26 heavy (non-hydrogen) atoms. The molecule has 0 atom stereocenters. The highest BCUT2D eigenvalue weighted by Crippen LogP contribution is 2.28. The number of halogens is 1. The number of hydrogen-bond acceptors (Lipinski definition) is 5. The highest BCUT2D eigenvalue weighted by Gasteiger charge is 2.09. The molecule has 2 aromatic carbocycles. The number of rotatable bonds is 6. The number of aryl methyl sites for hydroxylation is 1. The van der Waals surface area contributed by atoms with Crippen molar-refractivity contribution in [3.63, 3.8) is 0 Å². The summed E-state index contributed by atoms with van der Waals surface area (Å²) in [5.41, 5.74) is 2.52. The molecule has 0 spiro atoms. The largest absolute Gasteiger partial charge is 0.495 e. The molecule has 3 rings (SSSR count). The van der Waals surface area contributed by atoms with Crippen LogP contribution in [-0.4, -0.2) is 24.6 Å². The van der Waals surface area contributed by atoms with Crippen LogP contribution in [0.25, 0.3) is 10.6 Å². The van der Waals surface area contributed by atoms with Gasteiger partial charge >= 0.3 is 0 Å². The zero-order valence-electron chi connectivity index (χ0n) is 14.3. The van der Waals surface area contributed by atoms with E-state index >= 15 is 0 Å². The quantitative estimate of drug-likeness (QED) is 0.659. The Labute approximate surface area is 160 Å². The summed E-state index contributed by atoms with van der Waals surface area (Å²) in [6, 6.07) is 12.5. The maximum absolute atomic E-state index is 12.1. The average molecular weight is 389 g/mol. The van der Waals surface area contributed by atoms with Gasteiger partial charge in [-0.2, -0.15) is 0 Å². The molecule has 0 saturated carbocycles. The zero-order chi connectivity index (χ0) is 18.5. The third-order valence-electron chi connectivity index (χ3n) is 3.53. The summed E-state index contributed by atoms with van der Waals surface area (Å²) < 4.78 is 10.7. The number of thiazole rings is 1. The van der Waals surface area contributed by atoms with Crippen molar-refractivity contribution in [1.82, 2.24) is 4.98 Å². The van der Waals surface area contributed by atoms with Gasteiger partial charge in [0.15, 0.2) is 6.61 Å². The number of amides is 1. The van der Waals surface area contributed by atoms with Gasteiger partial charge in [-0.25, -0.2) is 4.98 Å². The van der Waals surface area contributed by atoms with Crippen LogP contribution in [0.2, 0.25) is 5.02 Å². The van der Waals surface area contributed by atoms with E-state index in [1.54, 1.807) is 29.5 Å². The van der Waals surface area contributed by atoms with Gasteiger partial charge in [-0.15, -0.1) is 11.3 Å². The molecule has 0 radical (unpaired) electrons. The van der Waals surface area contributed by atoms with Gasteiger partial charge in [-0.05, 0) is 49.4 Å². The lowest BCUT2D eigenvalue weighted by molar-refractivity contribution is -0.118. The van der Waals surface area contributed by atoms with Crippen LogP contribution in [-0.2, 0) is 4.79 Å². The van der Waals surface area contributed by atoms with Crippen molar-refractivity contribution in [2.75, 3.05) is 19.0 Å². The zero-order valence-corrected chi connectivity index (χ0v) is 15.9. The van der Waals surface area contributed by atoms with E-state index < -0.39 is 0 Å². The third kappa shape index (κ3) is 4.53. The van der Waals surface area contributed by atoms with Crippen LogP contribution in [0.3, 0.4) is 0 Å². The minimum atomic E-state index is -0.301. The van der Waals surface area contributed by atoms with Gasteiger partial charge < -0.3 is 14.8 Å². The molecule has 0 bridgehead atoms. The van der Waals surface area contributed by atoms with Crippen molar-refractivity contribution in [3.8, 4) is 22.1 Å². The fourth-order valence-corrected chi connectivity index (χ4v) is 3.27. The minimum Gasteiger partial charge on any atom is -0.495 e.